The molecule has 0 amide bonds. The van der Waals surface area contributed by atoms with Crippen LogP contribution in [0.2, 0.25) is 5.02 Å². The zero-order valence-electron chi connectivity index (χ0n) is 7.87. The highest BCUT2D eigenvalue weighted by Crippen LogP contribution is 2.14. The molecule has 1 aromatic carbocycles. The summed E-state index contributed by atoms with van der Waals surface area (Å²) in [6.45, 7) is 1.30. The summed E-state index contributed by atoms with van der Waals surface area (Å²) < 4.78 is 0. The number of aromatic nitrogens is 2. The lowest BCUT2D eigenvalue weighted by Crippen LogP contribution is -2.16. The lowest BCUT2D eigenvalue weighted by atomic mass is 10.2. The molecule has 0 aliphatic rings. The minimum absolute atomic E-state index is 0.0928. The first-order valence-electron chi connectivity index (χ1n) is 4.28. The molecule has 1 heterocycles. The Bertz CT molecular complexity index is 604. The molecule has 4 nitrogen and oxygen atoms in total. The predicted molar refractivity (Wildman–Crippen MR) is 57.4 cm³/mol. The number of benzene rings is 1. The van der Waals surface area contributed by atoms with Crippen LogP contribution in [-0.4, -0.2) is 16.0 Å². The first-order chi connectivity index (χ1) is 7.09. The van der Waals surface area contributed by atoms with E-state index < -0.39 is 5.43 Å². The number of hydrogen-bond acceptors (Lipinski definition) is 3. The number of rotatable bonds is 1. The zero-order chi connectivity index (χ0) is 11.0. The maximum absolute atomic E-state index is 11.8. The van der Waals surface area contributed by atoms with Gasteiger partial charge in [-0.2, -0.15) is 5.10 Å². The molecule has 0 aliphatic carbocycles. The maximum atomic E-state index is 11.8. The number of fused-ring (bicyclic) bond motifs is 1. The van der Waals surface area contributed by atoms with Gasteiger partial charge in [0.25, 0.3) is 0 Å². The van der Waals surface area contributed by atoms with Gasteiger partial charge in [-0.1, -0.05) is 11.6 Å². The van der Waals surface area contributed by atoms with Crippen molar-refractivity contribution in [3.05, 3.63) is 39.1 Å². The Kier molecular flexibility index (Phi) is 2.28. The Labute approximate surface area is 89.9 Å². The van der Waals surface area contributed by atoms with Gasteiger partial charge in [0.1, 0.15) is 0 Å². The van der Waals surface area contributed by atoms with Gasteiger partial charge in [-0.3, -0.25) is 14.7 Å². The van der Waals surface area contributed by atoms with Gasteiger partial charge in [0, 0.05) is 11.9 Å². The van der Waals surface area contributed by atoms with Crippen LogP contribution < -0.4 is 5.43 Å². The third-order valence-corrected chi connectivity index (χ3v) is 2.30. The zero-order valence-corrected chi connectivity index (χ0v) is 8.63. The first kappa shape index (κ1) is 9.86. The normalized spacial score (nSPS) is 10.5. The molecular weight excluding hydrogens is 216 g/mol. The van der Waals surface area contributed by atoms with Crippen LogP contribution in [0.1, 0.15) is 17.4 Å². The number of nitrogens with one attached hydrogen (secondary N) is 1. The topological polar surface area (TPSA) is 62.8 Å². The van der Waals surface area contributed by atoms with E-state index in [1.54, 1.807) is 12.1 Å². The van der Waals surface area contributed by atoms with Crippen LogP contribution in [-0.2, 0) is 0 Å². The fourth-order valence-corrected chi connectivity index (χ4v) is 1.51. The number of aromatic amines is 1. The summed E-state index contributed by atoms with van der Waals surface area (Å²) in [5.41, 5.74) is 0.0814. The molecule has 2 aromatic rings. The monoisotopic (exact) mass is 222 g/mol. The van der Waals surface area contributed by atoms with Gasteiger partial charge in [0.15, 0.2) is 11.5 Å². The van der Waals surface area contributed by atoms with Gasteiger partial charge in [-0.25, -0.2) is 0 Å². The number of halogens is 1. The Hall–Kier alpha value is -1.68. The van der Waals surface area contributed by atoms with E-state index in [9.17, 15) is 9.59 Å². The summed E-state index contributed by atoms with van der Waals surface area (Å²) in [6.07, 6.45) is 0. The van der Waals surface area contributed by atoms with E-state index in [2.05, 4.69) is 10.2 Å². The summed E-state index contributed by atoms with van der Waals surface area (Å²) >= 11 is 5.76. The van der Waals surface area contributed by atoms with Gasteiger partial charge in [-0.15, -0.1) is 0 Å². The largest absolute Gasteiger partial charge is 0.293 e. The molecule has 2 rings (SSSR count). The van der Waals surface area contributed by atoms with Crippen LogP contribution in [0.4, 0.5) is 0 Å². The summed E-state index contributed by atoms with van der Waals surface area (Å²) in [7, 11) is 0. The molecule has 0 fully saturated rings. The molecule has 0 spiro atoms. The van der Waals surface area contributed by atoms with Gasteiger partial charge in [0.05, 0.1) is 10.9 Å². The second-order valence-electron chi connectivity index (χ2n) is 3.15. The van der Waals surface area contributed by atoms with Gasteiger partial charge in [-0.05, 0) is 18.2 Å². The molecule has 0 bridgehead atoms. The molecule has 0 saturated carbocycles. The van der Waals surface area contributed by atoms with Crippen molar-refractivity contribution in [2.45, 2.75) is 6.92 Å². The summed E-state index contributed by atoms with van der Waals surface area (Å²) in [5.74, 6) is -0.363. The first-order valence-corrected chi connectivity index (χ1v) is 4.66. The van der Waals surface area contributed by atoms with Crippen molar-refractivity contribution in [3.63, 3.8) is 0 Å². The molecule has 1 N–H and O–H groups in total. The van der Waals surface area contributed by atoms with E-state index in [4.69, 9.17) is 11.6 Å². The third-order valence-electron chi connectivity index (χ3n) is 2.06. The van der Waals surface area contributed by atoms with Crippen molar-refractivity contribution in [2.75, 3.05) is 0 Å². The van der Waals surface area contributed by atoms with E-state index in [1.807, 2.05) is 0 Å². The smallest absolute Gasteiger partial charge is 0.219 e. The summed E-state index contributed by atoms with van der Waals surface area (Å²) in [4.78, 5) is 22.8. The number of nitrogens with zero attached hydrogens (tertiary/aromatic N) is 1. The average molecular weight is 223 g/mol. The molecule has 15 heavy (non-hydrogen) atoms. The van der Waals surface area contributed by atoms with Gasteiger partial charge >= 0.3 is 0 Å². The minimum atomic E-state index is -0.390. The highest BCUT2D eigenvalue weighted by atomic mass is 35.5. The molecule has 0 saturated heterocycles. The van der Waals surface area contributed by atoms with E-state index in [0.717, 1.165) is 0 Å². The molecule has 0 radical (unpaired) electrons. The standard InChI is InChI=1S/C10H7ClN2O2/c1-5(14)9-10(15)7-4-6(11)2-3-8(7)12-13-9/h2-4H,1H3,(H,12,15). The number of carbonyl (C=O) groups is 1. The van der Waals surface area contributed by atoms with Gasteiger partial charge < -0.3 is 0 Å². The molecule has 76 valence electrons. The van der Waals surface area contributed by atoms with E-state index in [-0.39, 0.29) is 11.5 Å². The Morgan fingerprint density at radius 1 is 1.47 bits per heavy atom. The molecule has 0 unspecified atom stereocenters. The fraction of sp³-hybridized carbons (Fsp3) is 0.100. The number of hydrogen-bond donors (Lipinski definition) is 1. The van der Waals surface area contributed by atoms with E-state index in [0.29, 0.717) is 15.9 Å². The van der Waals surface area contributed by atoms with Crippen molar-refractivity contribution in [1.82, 2.24) is 10.2 Å². The Balaban J connectivity index is 2.89. The highest BCUT2D eigenvalue weighted by Gasteiger charge is 2.10. The Morgan fingerprint density at radius 2 is 2.20 bits per heavy atom. The highest BCUT2D eigenvalue weighted by molar-refractivity contribution is 6.31. The van der Waals surface area contributed by atoms with Crippen LogP contribution in [0.15, 0.2) is 23.0 Å². The molecule has 1 aromatic heterocycles. The number of carbonyl (C=O) groups excluding carboxylic acids is 1. The van der Waals surface area contributed by atoms with Crippen molar-refractivity contribution >= 4 is 28.3 Å². The van der Waals surface area contributed by atoms with Crippen molar-refractivity contribution in [3.8, 4) is 0 Å². The SMILES string of the molecule is CC(=O)c1n[nH]c2ccc(Cl)cc2c1=O. The van der Waals surface area contributed by atoms with Crippen LogP contribution >= 0.6 is 11.6 Å². The van der Waals surface area contributed by atoms with E-state index in [1.165, 1.54) is 13.0 Å². The van der Waals surface area contributed by atoms with Gasteiger partial charge in [0.2, 0.25) is 5.43 Å². The van der Waals surface area contributed by atoms with Crippen LogP contribution in [0.3, 0.4) is 0 Å². The van der Waals surface area contributed by atoms with Crippen LogP contribution in [0.25, 0.3) is 10.9 Å². The lowest BCUT2D eigenvalue weighted by molar-refractivity contribution is 0.101. The maximum Gasteiger partial charge on any atom is 0.219 e. The quantitative estimate of drug-likeness (QED) is 0.748. The molecular formula is C10H7ClN2O2. The number of H-pyrrole nitrogens is 1. The van der Waals surface area contributed by atoms with Crippen LogP contribution in [0, 0.1) is 0 Å². The third kappa shape index (κ3) is 1.64. The lowest BCUT2D eigenvalue weighted by Gasteiger charge is -1.99. The van der Waals surface area contributed by atoms with E-state index >= 15 is 0 Å². The van der Waals surface area contributed by atoms with Crippen LogP contribution in [0.5, 0.6) is 0 Å². The second kappa shape index (κ2) is 3.47. The average Bonchev–Trinajstić information content (AvgIpc) is 2.19. The predicted octanol–water partition coefficient (Wildman–Crippen LogP) is 1.78. The molecule has 5 heteroatoms. The number of Topliss-reactive ketones (excluding diaryl/α,β-unsaturated/α-hetero) is 1. The second-order valence-corrected chi connectivity index (χ2v) is 3.58. The molecule has 0 atom stereocenters. The van der Waals surface area contributed by atoms with Crippen molar-refractivity contribution in [2.24, 2.45) is 0 Å². The molecule has 0 aliphatic heterocycles. The fourth-order valence-electron chi connectivity index (χ4n) is 1.33. The summed E-state index contributed by atoms with van der Waals surface area (Å²) in [6, 6.07) is 4.81. The number of ketones is 1. The summed E-state index contributed by atoms with van der Waals surface area (Å²) in [5, 5.41) is 7.17. The van der Waals surface area contributed by atoms with Crippen molar-refractivity contribution < 1.29 is 4.79 Å². The minimum Gasteiger partial charge on any atom is -0.293 e. The van der Waals surface area contributed by atoms with Crippen molar-refractivity contribution in [1.29, 1.82) is 0 Å². The Morgan fingerprint density at radius 3 is 2.87 bits per heavy atom.